The zero-order valence-corrected chi connectivity index (χ0v) is 18.5. The first-order valence-corrected chi connectivity index (χ1v) is 12.2. The van der Waals surface area contributed by atoms with Gasteiger partial charge in [-0.25, -0.2) is 17.2 Å². The summed E-state index contributed by atoms with van der Waals surface area (Å²) in [5, 5.41) is 0. The Hall–Kier alpha value is -2.03. The average Bonchev–Trinajstić information content (AvgIpc) is 2.78. The van der Waals surface area contributed by atoms with E-state index >= 15 is 0 Å². The third kappa shape index (κ3) is 4.91. The highest BCUT2D eigenvalue weighted by molar-refractivity contribution is 7.89. The van der Waals surface area contributed by atoms with Crippen LogP contribution in [0.1, 0.15) is 31.2 Å². The standard InChI is InChI=1S/C23H28F2N2O3S/c1-17-16-20(6-7-21(17)24)31(28,29)27-14-8-18(9-15-27)26-12-10-19(11-13-26)30-23-5-3-2-4-22(23)25/h2-7,16,18-19H,8-15H2,1H3. The van der Waals surface area contributed by atoms with Crippen LogP contribution in [0.4, 0.5) is 8.78 Å². The third-order valence-electron chi connectivity index (χ3n) is 6.31. The first-order valence-electron chi connectivity index (χ1n) is 10.8. The van der Waals surface area contributed by atoms with Gasteiger partial charge in [-0.1, -0.05) is 12.1 Å². The lowest BCUT2D eigenvalue weighted by molar-refractivity contribution is 0.0568. The van der Waals surface area contributed by atoms with Crippen LogP contribution in [0.15, 0.2) is 47.4 Å². The molecule has 0 N–H and O–H groups in total. The maximum Gasteiger partial charge on any atom is 0.243 e. The van der Waals surface area contributed by atoms with Crippen LogP contribution in [0.25, 0.3) is 0 Å². The van der Waals surface area contributed by atoms with Gasteiger partial charge in [0, 0.05) is 32.2 Å². The van der Waals surface area contributed by atoms with Gasteiger partial charge in [0.15, 0.2) is 11.6 Å². The Balaban J connectivity index is 1.29. The van der Waals surface area contributed by atoms with Crippen molar-refractivity contribution in [2.75, 3.05) is 26.2 Å². The lowest BCUT2D eigenvalue weighted by Gasteiger charge is -2.41. The summed E-state index contributed by atoms with van der Waals surface area (Å²) < 4.78 is 60.5. The molecule has 0 bridgehead atoms. The number of piperidine rings is 2. The number of benzene rings is 2. The summed E-state index contributed by atoms with van der Waals surface area (Å²) in [5.41, 5.74) is 0.330. The fourth-order valence-electron chi connectivity index (χ4n) is 4.45. The monoisotopic (exact) mass is 450 g/mol. The number of hydrogen-bond donors (Lipinski definition) is 0. The minimum absolute atomic E-state index is 0.00432. The molecule has 0 unspecified atom stereocenters. The number of aryl methyl sites for hydroxylation is 1. The molecule has 31 heavy (non-hydrogen) atoms. The number of nitrogens with zero attached hydrogens (tertiary/aromatic N) is 2. The van der Waals surface area contributed by atoms with Crippen molar-refractivity contribution in [1.82, 2.24) is 9.21 Å². The van der Waals surface area contributed by atoms with Gasteiger partial charge in [0.25, 0.3) is 0 Å². The zero-order valence-electron chi connectivity index (χ0n) is 17.6. The Bertz CT molecular complexity index is 1020. The third-order valence-corrected chi connectivity index (χ3v) is 8.21. The summed E-state index contributed by atoms with van der Waals surface area (Å²) in [4.78, 5) is 2.55. The van der Waals surface area contributed by atoms with E-state index in [1.807, 2.05) is 0 Å². The van der Waals surface area contributed by atoms with Crippen molar-refractivity contribution in [3.05, 3.63) is 59.7 Å². The maximum atomic E-state index is 13.8. The quantitative estimate of drug-likeness (QED) is 0.692. The Kier molecular flexibility index (Phi) is 6.60. The van der Waals surface area contributed by atoms with Crippen molar-refractivity contribution < 1.29 is 21.9 Å². The fourth-order valence-corrected chi connectivity index (χ4v) is 6.01. The number of para-hydroxylation sites is 1. The minimum Gasteiger partial charge on any atom is -0.487 e. The van der Waals surface area contributed by atoms with Gasteiger partial charge in [0.2, 0.25) is 10.0 Å². The van der Waals surface area contributed by atoms with E-state index in [0.717, 1.165) is 38.8 Å². The summed E-state index contributed by atoms with van der Waals surface area (Å²) in [6, 6.07) is 10.7. The molecule has 2 aliphatic heterocycles. The number of likely N-dealkylation sites (tertiary alicyclic amines) is 1. The van der Waals surface area contributed by atoms with Crippen molar-refractivity contribution >= 4 is 10.0 Å². The molecule has 2 aromatic rings. The predicted octanol–water partition coefficient (Wildman–Crippen LogP) is 3.97. The van der Waals surface area contributed by atoms with Crippen LogP contribution in [0.5, 0.6) is 5.75 Å². The van der Waals surface area contributed by atoms with Gasteiger partial charge in [0.05, 0.1) is 4.90 Å². The molecule has 2 fully saturated rings. The predicted molar refractivity (Wildman–Crippen MR) is 115 cm³/mol. The van der Waals surface area contributed by atoms with Crippen LogP contribution in [0, 0.1) is 18.6 Å². The molecule has 0 aliphatic carbocycles. The molecule has 0 saturated carbocycles. The van der Waals surface area contributed by atoms with E-state index in [-0.39, 0.29) is 16.8 Å². The van der Waals surface area contributed by atoms with E-state index in [4.69, 9.17) is 4.74 Å². The van der Waals surface area contributed by atoms with E-state index in [9.17, 15) is 17.2 Å². The Morgan fingerprint density at radius 2 is 1.58 bits per heavy atom. The summed E-state index contributed by atoms with van der Waals surface area (Å²) >= 11 is 0. The van der Waals surface area contributed by atoms with Gasteiger partial charge in [-0.05, 0) is 68.5 Å². The molecule has 2 aliphatic rings. The van der Waals surface area contributed by atoms with E-state index in [1.165, 1.54) is 28.6 Å². The van der Waals surface area contributed by atoms with Gasteiger partial charge >= 0.3 is 0 Å². The molecule has 4 rings (SSSR count). The van der Waals surface area contributed by atoms with Crippen LogP contribution < -0.4 is 4.74 Å². The zero-order chi connectivity index (χ0) is 22.0. The van der Waals surface area contributed by atoms with E-state index in [0.29, 0.717) is 30.4 Å². The topological polar surface area (TPSA) is 49.9 Å². The first kappa shape index (κ1) is 22.2. The summed E-state index contributed by atoms with van der Waals surface area (Å²) in [7, 11) is -3.61. The van der Waals surface area contributed by atoms with Crippen molar-refractivity contribution in [3.8, 4) is 5.75 Å². The fraction of sp³-hybridized carbons (Fsp3) is 0.478. The normalized spacial score (nSPS) is 20.1. The number of sulfonamides is 1. The van der Waals surface area contributed by atoms with Gasteiger partial charge in [-0.2, -0.15) is 4.31 Å². The van der Waals surface area contributed by atoms with Gasteiger partial charge in [0.1, 0.15) is 11.9 Å². The van der Waals surface area contributed by atoms with Gasteiger partial charge in [-0.15, -0.1) is 0 Å². The second kappa shape index (κ2) is 9.22. The van der Waals surface area contributed by atoms with Crippen LogP contribution >= 0.6 is 0 Å². The van der Waals surface area contributed by atoms with Crippen molar-refractivity contribution in [1.29, 1.82) is 0 Å². The summed E-state index contributed by atoms with van der Waals surface area (Å²) in [6.07, 6.45) is 3.16. The molecule has 2 saturated heterocycles. The molecule has 8 heteroatoms. The number of halogens is 2. The SMILES string of the molecule is Cc1cc(S(=O)(=O)N2CCC(N3CCC(Oc4ccccc4F)CC3)CC2)ccc1F. The highest BCUT2D eigenvalue weighted by Gasteiger charge is 2.33. The molecule has 2 heterocycles. The lowest BCUT2D eigenvalue weighted by Crippen LogP contribution is -2.50. The Morgan fingerprint density at radius 1 is 0.903 bits per heavy atom. The largest absolute Gasteiger partial charge is 0.487 e. The minimum atomic E-state index is -3.61. The number of ether oxygens (including phenoxy) is 1. The highest BCUT2D eigenvalue weighted by atomic mass is 32.2. The van der Waals surface area contributed by atoms with Crippen LogP contribution in [-0.2, 0) is 10.0 Å². The second-order valence-corrected chi connectivity index (χ2v) is 10.3. The van der Waals surface area contributed by atoms with Gasteiger partial charge < -0.3 is 9.64 Å². The van der Waals surface area contributed by atoms with Crippen LogP contribution in [0.2, 0.25) is 0 Å². The molecule has 0 amide bonds. The molecule has 5 nitrogen and oxygen atoms in total. The first-order chi connectivity index (χ1) is 14.8. The lowest BCUT2D eigenvalue weighted by atomic mass is 10.00. The molecule has 0 aromatic heterocycles. The summed E-state index contributed by atoms with van der Waals surface area (Å²) in [5.74, 6) is -0.439. The average molecular weight is 451 g/mol. The van der Waals surface area contributed by atoms with E-state index in [2.05, 4.69) is 4.90 Å². The molecule has 0 spiro atoms. The molecule has 0 atom stereocenters. The second-order valence-electron chi connectivity index (χ2n) is 8.33. The maximum absolute atomic E-state index is 13.8. The Morgan fingerprint density at radius 3 is 2.23 bits per heavy atom. The molecule has 0 radical (unpaired) electrons. The van der Waals surface area contributed by atoms with Gasteiger partial charge in [-0.3, -0.25) is 0 Å². The van der Waals surface area contributed by atoms with Crippen molar-refractivity contribution in [2.24, 2.45) is 0 Å². The molecule has 2 aromatic carbocycles. The molecular weight excluding hydrogens is 422 g/mol. The van der Waals surface area contributed by atoms with Crippen molar-refractivity contribution in [3.63, 3.8) is 0 Å². The smallest absolute Gasteiger partial charge is 0.243 e. The van der Waals surface area contributed by atoms with Crippen LogP contribution in [-0.4, -0.2) is 55.9 Å². The van der Waals surface area contributed by atoms with Crippen LogP contribution in [0.3, 0.4) is 0 Å². The Labute approximate surface area is 182 Å². The number of rotatable bonds is 5. The van der Waals surface area contributed by atoms with Crippen molar-refractivity contribution in [2.45, 2.75) is 49.6 Å². The summed E-state index contributed by atoms with van der Waals surface area (Å²) in [6.45, 7) is 4.19. The number of hydrogen-bond acceptors (Lipinski definition) is 4. The molecular formula is C23H28F2N2O3S. The molecule has 168 valence electrons. The van der Waals surface area contributed by atoms with E-state index < -0.39 is 15.8 Å². The van der Waals surface area contributed by atoms with E-state index in [1.54, 1.807) is 25.1 Å². The highest BCUT2D eigenvalue weighted by Crippen LogP contribution is 2.27.